The molecule has 140 valence electrons. The van der Waals surface area contributed by atoms with E-state index in [0.717, 1.165) is 38.3 Å². The second kappa shape index (κ2) is 5.95. The molecule has 29 heavy (non-hydrogen) atoms. The second-order valence-electron chi connectivity index (χ2n) is 7.16. The molecule has 6 rings (SSSR count). The van der Waals surface area contributed by atoms with Crippen molar-refractivity contribution in [2.45, 2.75) is 6.29 Å². The molecule has 2 heterocycles. The summed E-state index contributed by atoms with van der Waals surface area (Å²) < 4.78 is 12.4. The molecule has 4 heteroatoms. The van der Waals surface area contributed by atoms with Crippen molar-refractivity contribution in [2.24, 2.45) is 0 Å². The fourth-order valence-electron chi connectivity index (χ4n) is 4.24. The first-order valence-electron chi connectivity index (χ1n) is 9.43. The van der Waals surface area contributed by atoms with Crippen LogP contribution in [-0.2, 0) is 0 Å². The number of benzene rings is 4. The Morgan fingerprint density at radius 2 is 1.14 bits per heavy atom. The van der Waals surface area contributed by atoms with Crippen molar-refractivity contribution in [3.05, 3.63) is 84.4 Å². The maximum atomic E-state index is 10.1. The molecule has 2 aromatic heterocycles. The van der Waals surface area contributed by atoms with E-state index in [0.29, 0.717) is 22.3 Å². The predicted octanol–water partition coefficient (Wildman–Crippen LogP) is 6.14. The van der Waals surface area contributed by atoms with Gasteiger partial charge in [0.05, 0.1) is 0 Å². The molecule has 4 nitrogen and oxygen atoms in total. The number of fused-ring (bicyclic) bond motifs is 6. The van der Waals surface area contributed by atoms with Crippen LogP contribution in [0.5, 0.6) is 0 Å². The Kier molecular flexibility index (Phi) is 3.36. The van der Waals surface area contributed by atoms with Crippen molar-refractivity contribution in [1.29, 1.82) is 0 Å². The van der Waals surface area contributed by atoms with Crippen LogP contribution < -0.4 is 0 Å². The third-order valence-electron chi connectivity index (χ3n) is 5.53. The summed E-state index contributed by atoms with van der Waals surface area (Å²) in [6.07, 6.45) is -1.64. The Morgan fingerprint density at radius 3 is 1.83 bits per heavy atom. The average Bonchev–Trinajstić information content (AvgIpc) is 3.31. The smallest absolute Gasteiger partial charge is 0.179 e. The van der Waals surface area contributed by atoms with Gasteiger partial charge in [0.1, 0.15) is 22.3 Å². The van der Waals surface area contributed by atoms with Gasteiger partial charge >= 0.3 is 0 Å². The van der Waals surface area contributed by atoms with Gasteiger partial charge in [-0.2, -0.15) is 0 Å². The van der Waals surface area contributed by atoms with Gasteiger partial charge in [0.15, 0.2) is 6.29 Å². The normalized spacial score (nSPS) is 12.1. The van der Waals surface area contributed by atoms with Crippen LogP contribution >= 0.6 is 0 Å². The van der Waals surface area contributed by atoms with E-state index >= 15 is 0 Å². The third kappa shape index (κ3) is 2.27. The van der Waals surface area contributed by atoms with Crippen molar-refractivity contribution >= 4 is 43.9 Å². The highest BCUT2D eigenvalue weighted by atomic mass is 16.5. The molecular formula is C25H16O4. The maximum absolute atomic E-state index is 10.1. The quantitative estimate of drug-likeness (QED) is 0.354. The third-order valence-corrected chi connectivity index (χ3v) is 5.53. The van der Waals surface area contributed by atoms with E-state index in [4.69, 9.17) is 8.83 Å². The molecule has 6 aromatic rings. The van der Waals surface area contributed by atoms with Crippen molar-refractivity contribution in [3.63, 3.8) is 0 Å². The Balaban J connectivity index is 1.80. The molecule has 0 amide bonds. The zero-order valence-electron chi connectivity index (χ0n) is 15.3. The van der Waals surface area contributed by atoms with Crippen molar-refractivity contribution in [1.82, 2.24) is 0 Å². The molecular weight excluding hydrogens is 364 g/mol. The van der Waals surface area contributed by atoms with E-state index in [1.165, 1.54) is 0 Å². The molecule has 0 spiro atoms. The van der Waals surface area contributed by atoms with E-state index in [9.17, 15) is 10.2 Å². The zero-order chi connectivity index (χ0) is 19.5. The average molecular weight is 380 g/mol. The van der Waals surface area contributed by atoms with Crippen molar-refractivity contribution < 1.29 is 19.0 Å². The standard InChI is InChI=1S/C25H16O4/c26-25(27)19-13-12-17-15-7-2-4-11-21(15)29-24(17)22(19)18-9-5-8-16-14-6-1-3-10-20(14)28-23(16)18/h1-13,25-27H. The first kappa shape index (κ1) is 16.4. The molecule has 0 bridgehead atoms. The van der Waals surface area contributed by atoms with Gasteiger partial charge in [-0.1, -0.05) is 60.7 Å². The van der Waals surface area contributed by atoms with Crippen LogP contribution in [0.15, 0.2) is 87.7 Å². The summed E-state index contributed by atoms with van der Waals surface area (Å²) in [5.41, 5.74) is 4.64. The van der Waals surface area contributed by atoms with E-state index in [1.807, 2.05) is 72.8 Å². The van der Waals surface area contributed by atoms with Gasteiger partial charge in [-0.05, 0) is 18.2 Å². The summed E-state index contributed by atoms with van der Waals surface area (Å²) in [6.45, 7) is 0. The number of aliphatic hydroxyl groups excluding tert-OH is 1. The Bertz CT molecular complexity index is 1540. The first-order valence-corrected chi connectivity index (χ1v) is 9.43. The molecule has 4 aromatic carbocycles. The highest BCUT2D eigenvalue weighted by molar-refractivity contribution is 6.15. The molecule has 2 N–H and O–H groups in total. The van der Waals surface area contributed by atoms with Gasteiger partial charge in [-0.3, -0.25) is 0 Å². The summed E-state index contributed by atoms with van der Waals surface area (Å²) in [4.78, 5) is 0. The van der Waals surface area contributed by atoms with Crippen LogP contribution in [0.1, 0.15) is 11.9 Å². The fraction of sp³-hybridized carbons (Fsp3) is 0.0400. The van der Waals surface area contributed by atoms with Gasteiger partial charge in [0.25, 0.3) is 0 Å². The minimum atomic E-state index is -1.64. The largest absolute Gasteiger partial charge is 0.455 e. The maximum Gasteiger partial charge on any atom is 0.179 e. The van der Waals surface area contributed by atoms with Gasteiger partial charge in [0.2, 0.25) is 0 Å². The van der Waals surface area contributed by atoms with Crippen molar-refractivity contribution in [2.75, 3.05) is 0 Å². The van der Waals surface area contributed by atoms with Crippen LogP contribution in [0.4, 0.5) is 0 Å². The van der Waals surface area contributed by atoms with Gasteiger partial charge in [0, 0.05) is 38.2 Å². The summed E-state index contributed by atoms with van der Waals surface area (Å²) in [6, 6.07) is 25.2. The summed E-state index contributed by atoms with van der Waals surface area (Å²) in [7, 11) is 0. The van der Waals surface area contributed by atoms with E-state index < -0.39 is 6.29 Å². The highest BCUT2D eigenvalue weighted by Crippen LogP contribution is 2.43. The summed E-state index contributed by atoms with van der Waals surface area (Å²) >= 11 is 0. The molecule has 0 aliphatic carbocycles. The fourth-order valence-corrected chi connectivity index (χ4v) is 4.24. The molecule has 0 aliphatic rings. The van der Waals surface area contributed by atoms with Crippen LogP contribution in [0.3, 0.4) is 0 Å². The lowest BCUT2D eigenvalue weighted by Gasteiger charge is -2.12. The second-order valence-corrected chi connectivity index (χ2v) is 7.16. The lowest BCUT2D eigenvalue weighted by molar-refractivity contribution is -0.0419. The van der Waals surface area contributed by atoms with Crippen LogP contribution in [0.25, 0.3) is 55.0 Å². The van der Waals surface area contributed by atoms with Crippen LogP contribution in [0, 0.1) is 0 Å². The number of hydrogen-bond acceptors (Lipinski definition) is 4. The van der Waals surface area contributed by atoms with E-state index in [2.05, 4.69) is 0 Å². The zero-order valence-corrected chi connectivity index (χ0v) is 15.3. The number of hydrogen-bond donors (Lipinski definition) is 2. The lowest BCUT2D eigenvalue weighted by atomic mass is 9.95. The molecule has 0 atom stereocenters. The summed E-state index contributed by atoms with van der Waals surface area (Å²) in [5, 5.41) is 24.1. The molecule has 0 unspecified atom stereocenters. The highest BCUT2D eigenvalue weighted by Gasteiger charge is 2.22. The van der Waals surface area contributed by atoms with Gasteiger partial charge in [-0.25, -0.2) is 0 Å². The summed E-state index contributed by atoms with van der Waals surface area (Å²) in [5.74, 6) is 0. The topological polar surface area (TPSA) is 66.7 Å². The molecule has 0 saturated heterocycles. The van der Waals surface area contributed by atoms with Gasteiger partial charge in [-0.15, -0.1) is 0 Å². The van der Waals surface area contributed by atoms with Crippen LogP contribution in [-0.4, -0.2) is 10.2 Å². The first-order chi connectivity index (χ1) is 14.2. The Morgan fingerprint density at radius 1 is 0.552 bits per heavy atom. The van der Waals surface area contributed by atoms with Crippen LogP contribution in [0.2, 0.25) is 0 Å². The molecule has 0 saturated carbocycles. The minimum Gasteiger partial charge on any atom is -0.455 e. The Hall–Kier alpha value is -3.60. The number of furan rings is 2. The lowest BCUT2D eigenvalue weighted by Crippen LogP contribution is -1.98. The van der Waals surface area contributed by atoms with Crippen molar-refractivity contribution in [3.8, 4) is 11.1 Å². The number of para-hydroxylation sites is 3. The number of rotatable bonds is 2. The van der Waals surface area contributed by atoms with Gasteiger partial charge < -0.3 is 19.0 Å². The SMILES string of the molecule is OC(O)c1ccc2c(oc3ccccc32)c1-c1cccc2c1oc1ccccc12. The molecule has 0 radical (unpaired) electrons. The predicted molar refractivity (Wildman–Crippen MR) is 114 cm³/mol. The van der Waals surface area contributed by atoms with E-state index in [-0.39, 0.29) is 0 Å². The Labute approximate surface area is 165 Å². The molecule has 0 fully saturated rings. The monoisotopic (exact) mass is 380 g/mol. The van der Waals surface area contributed by atoms with E-state index in [1.54, 1.807) is 6.07 Å². The minimum absolute atomic E-state index is 0.379. The number of aliphatic hydroxyl groups is 2. The molecule has 0 aliphatic heterocycles.